The van der Waals surface area contributed by atoms with Crippen molar-refractivity contribution in [2.45, 2.75) is 31.6 Å². The molecule has 5 rings (SSSR count). The monoisotopic (exact) mass is 593 g/mol. The molecule has 41 heavy (non-hydrogen) atoms. The summed E-state index contributed by atoms with van der Waals surface area (Å²) in [5, 5.41) is 7.96. The summed E-state index contributed by atoms with van der Waals surface area (Å²) in [6.07, 6.45) is -4.63. The number of carbonyl (C=O) groups is 3. The van der Waals surface area contributed by atoms with Crippen molar-refractivity contribution >= 4 is 46.5 Å². The van der Waals surface area contributed by atoms with Crippen molar-refractivity contribution in [1.82, 2.24) is 5.32 Å². The molecule has 214 valence electrons. The zero-order chi connectivity index (χ0) is 29.8. The van der Waals surface area contributed by atoms with Crippen molar-refractivity contribution < 1.29 is 36.3 Å². The molecule has 2 aliphatic rings. The van der Waals surface area contributed by atoms with Crippen LogP contribution in [0.4, 0.5) is 43.8 Å². The Morgan fingerprint density at radius 1 is 1.07 bits per heavy atom. The van der Waals surface area contributed by atoms with E-state index >= 15 is 0 Å². The Hall–Kier alpha value is -4.23. The summed E-state index contributed by atoms with van der Waals surface area (Å²) in [4.78, 5) is 40.2. The number of benzene rings is 3. The summed E-state index contributed by atoms with van der Waals surface area (Å²) in [5.41, 5.74) is 5.03. The molecule has 3 aromatic rings. The molecular formula is C27H21ClF5N5O3. The fraction of sp³-hybridized carbons (Fsp3) is 0.222. The van der Waals surface area contributed by atoms with Gasteiger partial charge >= 0.3 is 12.2 Å². The van der Waals surface area contributed by atoms with Crippen molar-refractivity contribution in [1.29, 1.82) is 0 Å². The number of amides is 4. The predicted octanol–water partition coefficient (Wildman–Crippen LogP) is 5.35. The van der Waals surface area contributed by atoms with Crippen molar-refractivity contribution in [2.75, 3.05) is 22.1 Å². The van der Waals surface area contributed by atoms with E-state index in [4.69, 9.17) is 17.3 Å². The van der Waals surface area contributed by atoms with Crippen LogP contribution in [0.15, 0.2) is 42.5 Å². The number of rotatable bonds is 5. The van der Waals surface area contributed by atoms with Gasteiger partial charge in [-0.15, -0.1) is 0 Å². The molecule has 3 aromatic carbocycles. The molecule has 0 aliphatic carbocycles. The molecule has 8 nitrogen and oxygen atoms in total. The van der Waals surface area contributed by atoms with Crippen LogP contribution in [0.3, 0.4) is 0 Å². The fourth-order valence-electron chi connectivity index (χ4n) is 4.90. The standard InChI is InChI=1S/C27H21ClF5N5O3/c1-11(34)24(39)35-19-10-20(36-25(40)12-6-13(27(31,32)33)8-15(30)7-12)21-22(17-9-14(29)2-3-18(17)28)37-26(41)38-5-4-16(19)23(21)38/h2-3,6-11,22H,4-5,34H2,1H3,(H,35,39)(H,36,40)(H,37,41)/t11-,22?/m0/s1. The Bertz CT molecular complexity index is 1610. The van der Waals surface area contributed by atoms with E-state index in [1.807, 2.05) is 0 Å². The molecule has 1 unspecified atom stereocenters. The average molecular weight is 594 g/mol. The van der Waals surface area contributed by atoms with E-state index in [0.29, 0.717) is 29.8 Å². The third-order valence-electron chi connectivity index (χ3n) is 6.78. The first kappa shape index (κ1) is 28.3. The van der Waals surface area contributed by atoms with Gasteiger partial charge in [0.1, 0.15) is 11.6 Å². The highest BCUT2D eigenvalue weighted by Gasteiger charge is 2.41. The maximum atomic E-state index is 14.3. The van der Waals surface area contributed by atoms with Crippen LogP contribution >= 0.6 is 11.6 Å². The number of nitrogens with two attached hydrogens (primary N) is 1. The van der Waals surface area contributed by atoms with Gasteiger partial charge in [-0.05, 0) is 55.8 Å². The van der Waals surface area contributed by atoms with Crippen molar-refractivity contribution in [3.8, 4) is 0 Å². The Labute approximate surface area is 234 Å². The van der Waals surface area contributed by atoms with Crippen molar-refractivity contribution in [3.63, 3.8) is 0 Å². The van der Waals surface area contributed by atoms with Crippen LogP contribution in [0.2, 0.25) is 5.02 Å². The largest absolute Gasteiger partial charge is 0.416 e. The summed E-state index contributed by atoms with van der Waals surface area (Å²) < 4.78 is 68.3. The Kier molecular flexibility index (Phi) is 7.12. The van der Waals surface area contributed by atoms with Gasteiger partial charge in [-0.3, -0.25) is 14.5 Å². The minimum atomic E-state index is -4.92. The molecule has 2 aliphatic heterocycles. The lowest BCUT2D eigenvalue weighted by Crippen LogP contribution is -2.46. The molecule has 0 bridgehead atoms. The minimum Gasteiger partial charge on any atom is -0.327 e. The third-order valence-corrected chi connectivity index (χ3v) is 7.12. The molecule has 2 atom stereocenters. The smallest absolute Gasteiger partial charge is 0.327 e. The van der Waals surface area contributed by atoms with E-state index in [0.717, 1.165) is 12.1 Å². The molecule has 2 heterocycles. The summed E-state index contributed by atoms with van der Waals surface area (Å²) in [7, 11) is 0. The molecule has 14 heteroatoms. The number of urea groups is 1. The highest BCUT2D eigenvalue weighted by Crippen LogP contribution is 2.49. The van der Waals surface area contributed by atoms with Gasteiger partial charge in [0.2, 0.25) is 5.91 Å². The first-order valence-electron chi connectivity index (χ1n) is 12.2. The van der Waals surface area contributed by atoms with Crippen LogP contribution in [0.5, 0.6) is 0 Å². The molecular weight excluding hydrogens is 573 g/mol. The summed E-state index contributed by atoms with van der Waals surface area (Å²) in [6.45, 7) is 1.63. The van der Waals surface area contributed by atoms with Crippen LogP contribution in [-0.4, -0.2) is 30.4 Å². The maximum Gasteiger partial charge on any atom is 0.416 e. The highest BCUT2D eigenvalue weighted by molar-refractivity contribution is 6.31. The quantitative estimate of drug-likeness (QED) is 0.298. The number of alkyl halides is 3. The van der Waals surface area contributed by atoms with Gasteiger partial charge in [0.25, 0.3) is 5.91 Å². The Balaban J connectivity index is 1.70. The average Bonchev–Trinajstić information content (AvgIpc) is 3.34. The van der Waals surface area contributed by atoms with Crippen molar-refractivity contribution in [2.24, 2.45) is 5.73 Å². The van der Waals surface area contributed by atoms with Gasteiger partial charge in [-0.1, -0.05) is 11.6 Å². The van der Waals surface area contributed by atoms with Crippen LogP contribution in [0, 0.1) is 11.6 Å². The number of anilines is 3. The second kappa shape index (κ2) is 10.3. The van der Waals surface area contributed by atoms with E-state index in [9.17, 15) is 36.3 Å². The zero-order valence-corrected chi connectivity index (χ0v) is 21.9. The molecule has 0 saturated carbocycles. The number of carbonyl (C=O) groups excluding carboxylic acids is 3. The molecule has 0 spiro atoms. The second-order valence-corrected chi connectivity index (χ2v) is 10.0. The van der Waals surface area contributed by atoms with Crippen LogP contribution in [0.25, 0.3) is 0 Å². The van der Waals surface area contributed by atoms with Gasteiger partial charge < -0.3 is 21.7 Å². The molecule has 0 radical (unpaired) electrons. The third kappa shape index (κ3) is 5.30. The minimum absolute atomic E-state index is 0.0521. The lowest BCUT2D eigenvalue weighted by Gasteiger charge is -2.35. The highest BCUT2D eigenvalue weighted by atomic mass is 35.5. The van der Waals surface area contributed by atoms with Crippen LogP contribution in [0.1, 0.15) is 45.6 Å². The summed E-state index contributed by atoms with van der Waals surface area (Å²) in [5.74, 6) is -3.64. The molecule has 4 amide bonds. The maximum absolute atomic E-state index is 14.3. The number of nitrogens with one attached hydrogen (secondary N) is 3. The molecule has 5 N–H and O–H groups in total. The number of halogens is 6. The fourth-order valence-corrected chi connectivity index (χ4v) is 5.13. The first-order valence-corrected chi connectivity index (χ1v) is 12.6. The predicted molar refractivity (Wildman–Crippen MR) is 141 cm³/mol. The molecule has 0 aromatic heterocycles. The SMILES string of the molecule is C[C@H](N)C(=O)Nc1cc(NC(=O)c2cc(F)cc(C(F)(F)F)c2)c2c3c1CCN3C(=O)NC2c1cc(F)ccc1Cl. The topological polar surface area (TPSA) is 117 Å². The van der Waals surface area contributed by atoms with E-state index in [1.165, 1.54) is 24.0 Å². The number of nitrogens with zero attached hydrogens (tertiary/aromatic N) is 1. The van der Waals surface area contributed by atoms with Crippen molar-refractivity contribution in [3.05, 3.63) is 86.9 Å². The Morgan fingerprint density at radius 3 is 2.49 bits per heavy atom. The second-order valence-electron chi connectivity index (χ2n) is 9.62. The van der Waals surface area contributed by atoms with E-state index in [1.54, 1.807) is 0 Å². The summed E-state index contributed by atoms with van der Waals surface area (Å²) in [6, 6.07) is 3.65. The molecule has 0 saturated heterocycles. The normalized spacial score (nSPS) is 16.6. The van der Waals surface area contributed by atoms with Gasteiger partial charge in [0.15, 0.2) is 0 Å². The molecule has 0 fully saturated rings. The zero-order valence-electron chi connectivity index (χ0n) is 21.1. The van der Waals surface area contributed by atoms with Crippen LogP contribution < -0.4 is 26.6 Å². The van der Waals surface area contributed by atoms with E-state index in [2.05, 4.69) is 16.0 Å². The Morgan fingerprint density at radius 2 is 1.80 bits per heavy atom. The van der Waals surface area contributed by atoms with E-state index in [-0.39, 0.29) is 40.1 Å². The van der Waals surface area contributed by atoms with Gasteiger partial charge in [-0.25, -0.2) is 13.6 Å². The van der Waals surface area contributed by atoms with Crippen LogP contribution in [-0.2, 0) is 17.4 Å². The van der Waals surface area contributed by atoms with Gasteiger partial charge in [0, 0.05) is 39.5 Å². The number of hydrogen-bond acceptors (Lipinski definition) is 4. The first-order chi connectivity index (χ1) is 19.2. The van der Waals surface area contributed by atoms with Gasteiger partial charge in [0.05, 0.1) is 29.0 Å². The lowest BCUT2D eigenvalue weighted by molar-refractivity contribution is -0.137. The number of hydrogen-bond donors (Lipinski definition) is 4. The van der Waals surface area contributed by atoms with Gasteiger partial charge in [-0.2, -0.15) is 13.2 Å². The summed E-state index contributed by atoms with van der Waals surface area (Å²) >= 11 is 6.36. The lowest BCUT2D eigenvalue weighted by atomic mass is 9.90. The van der Waals surface area contributed by atoms with E-state index < -0.39 is 58.9 Å².